The second-order valence-electron chi connectivity index (χ2n) is 5.64. The summed E-state index contributed by atoms with van der Waals surface area (Å²) < 4.78 is 13.2. The lowest BCUT2D eigenvalue weighted by atomic mass is 10.2. The van der Waals surface area contributed by atoms with Crippen LogP contribution in [0.4, 0.5) is 5.95 Å². The number of hydrazone groups is 1. The molecule has 1 aliphatic rings. The Kier molecular flexibility index (Phi) is 5.17. The van der Waals surface area contributed by atoms with Gasteiger partial charge in [-0.25, -0.2) is 15.0 Å². The number of nitrogens with one attached hydrogen (secondary N) is 3. The molecule has 0 saturated carbocycles. The maximum absolute atomic E-state index is 13.2. The van der Waals surface area contributed by atoms with Gasteiger partial charge in [-0.2, -0.15) is 10.3 Å². The Morgan fingerprint density at radius 3 is 2.60 bits per heavy atom. The lowest BCUT2D eigenvalue weighted by Crippen LogP contribution is -2.27. The number of hydrazine groups is 1. The predicted molar refractivity (Wildman–Crippen MR) is 103 cm³/mol. The van der Waals surface area contributed by atoms with Crippen molar-refractivity contribution in [2.75, 3.05) is 5.43 Å². The number of hydrogen-bond acceptors (Lipinski definition) is 8. The summed E-state index contributed by atoms with van der Waals surface area (Å²) in [5.74, 6) is 0.345. The Bertz CT molecular complexity index is 826. The third-order valence-corrected chi connectivity index (χ3v) is 8.83. The summed E-state index contributed by atoms with van der Waals surface area (Å²) >= 11 is 1.13. The van der Waals surface area contributed by atoms with E-state index in [1.54, 1.807) is 38.5 Å². The van der Waals surface area contributed by atoms with Crippen LogP contribution in [0.5, 0.6) is 0 Å². The monoisotopic (exact) mass is 375 g/mol. The third kappa shape index (κ3) is 4.25. The Labute approximate surface area is 149 Å². The van der Waals surface area contributed by atoms with Crippen LogP contribution in [0.3, 0.4) is 0 Å². The smallest absolute Gasteiger partial charge is 0.251 e. The maximum atomic E-state index is 13.2. The molecule has 130 valence electrons. The summed E-state index contributed by atoms with van der Waals surface area (Å²) in [5.41, 5.74) is 6.60. The van der Waals surface area contributed by atoms with Crippen molar-refractivity contribution in [1.82, 2.24) is 20.6 Å². The van der Waals surface area contributed by atoms with Crippen molar-refractivity contribution in [3.05, 3.63) is 54.4 Å². The molecule has 1 aromatic carbocycles. The number of nitrogens with zero attached hydrogens (tertiary/aromatic N) is 4. The van der Waals surface area contributed by atoms with Gasteiger partial charge in [-0.15, -0.1) is 0 Å². The minimum Gasteiger partial charge on any atom is -0.290 e. The van der Waals surface area contributed by atoms with Gasteiger partial charge in [-0.3, -0.25) is 15.4 Å². The fraction of sp³-hybridized carbons (Fsp3) is 0.200. The van der Waals surface area contributed by atoms with E-state index >= 15 is 0 Å². The number of benzene rings is 1. The molecule has 10 heteroatoms. The second kappa shape index (κ2) is 7.35. The number of hydrogen-bond donors (Lipinski definition) is 3. The van der Waals surface area contributed by atoms with Crippen molar-refractivity contribution in [1.29, 1.82) is 0 Å². The average Bonchev–Trinajstić information content (AvgIpc) is 2.84. The van der Waals surface area contributed by atoms with Gasteiger partial charge in [-0.05, 0) is 36.9 Å². The molecule has 25 heavy (non-hydrogen) atoms. The van der Waals surface area contributed by atoms with Gasteiger partial charge in [0, 0.05) is 12.4 Å². The quantitative estimate of drug-likeness (QED) is 0.419. The van der Waals surface area contributed by atoms with E-state index < -0.39 is 11.8 Å². The highest BCUT2D eigenvalue weighted by atomic mass is 32.7. The van der Waals surface area contributed by atoms with E-state index in [4.69, 9.17) is 0 Å². The highest BCUT2D eigenvalue weighted by Gasteiger charge is 2.48. The van der Waals surface area contributed by atoms with E-state index in [1.165, 1.54) is 0 Å². The second-order valence-corrected chi connectivity index (χ2v) is 10.7. The van der Waals surface area contributed by atoms with Gasteiger partial charge in [0.15, 0.2) is 5.17 Å². The van der Waals surface area contributed by atoms with Crippen molar-refractivity contribution < 1.29 is 4.57 Å². The molecule has 1 atom stereocenters. The van der Waals surface area contributed by atoms with Crippen molar-refractivity contribution in [3.63, 3.8) is 0 Å². The standard InChI is InChI=1S/C15H18N7OPS/c1-15(2)19-14(21-18-11-12-7-4-3-5-8-12)25-24(15,23)22-20-13-16-9-6-10-17-13/h3-11H,1-2H3,(H,19,21)(H,22,23)(H,16,17,20). The minimum atomic E-state index is -2.97. The first-order chi connectivity index (χ1) is 12.0. The summed E-state index contributed by atoms with van der Waals surface area (Å²) in [4.78, 5) is 12.5. The van der Waals surface area contributed by atoms with Crippen LogP contribution < -0.4 is 16.0 Å². The first kappa shape index (κ1) is 17.6. The molecular weight excluding hydrogens is 357 g/mol. The van der Waals surface area contributed by atoms with E-state index in [1.807, 2.05) is 30.3 Å². The molecule has 0 spiro atoms. The van der Waals surface area contributed by atoms with Gasteiger partial charge in [0.1, 0.15) is 5.28 Å². The van der Waals surface area contributed by atoms with Gasteiger partial charge in [0.05, 0.1) is 6.21 Å². The van der Waals surface area contributed by atoms with Gasteiger partial charge in [-0.1, -0.05) is 30.3 Å². The molecule has 1 aliphatic heterocycles. The zero-order chi connectivity index (χ0) is 17.8. The molecule has 8 nitrogen and oxygen atoms in total. The summed E-state index contributed by atoms with van der Waals surface area (Å²) in [7, 11) is 0. The molecule has 2 aromatic rings. The summed E-state index contributed by atoms with van der Waals surface area (Å²) in [6.07, 6.45) is 4.88. The molecule has 0 radical (unpaired) electrons. The van der Waals surface area contributed by atoms with E-state index in [2.05, 4.69) is 36.1 Å². The largest absolute Gasteiger partial charge is 0.290 e. The van der Waals surface area contributed by atoms with Crippen LogP contribution in [0.25, 0.3) is 0 Å². The van der Waals surface area contributed by atoms with Crippen LogP contribution in [0, 0.1) is 0 Å². The maximum Gasteiger partial charge on any atom is 0.251 e. The number of amidine groups is 1. The first-order valence-corrected chi connectivity index (χ1v) is 10.7. The zero-order valence-electron chi connectivity index (χ0n) is 13.7. The van der Waals surface area contributed by atoms with Crippen LogP contribution in [-0.4, -0.2) is 26.6 Å². The molecule has 1 unspecified atom stereocenters. The Hall–Kier alpha value is -2.22. The van der Waals surface area contributed by atoms with Crippen LogP contribution in [0.1, 0.15) is 19.4 Å². The molecule has 1 aromatic heterocycles. The molecule has 0 fully saturated rings. The molecule has 0 amide bonds. The number of anilines is 1. The van der Waals surface area contributed by atoms with Gasteiger partial charge >= 0.3 is 0 Å². The van der Waals surface area contributed by atoms with E-state index in [-0.39, 0.29) is 0 Å². The summed E-state index contributed by atoms with van der Waals surface area (Å²) in [6.45, 7) is 0.634. The minimum absolute atomic E-state index is 0.345. The third-order valence-electron chi connectivity index (χ3n) is 3.36. The van der Waals surface area contributed by atoms with Crippen molar-refractivity contribution in [2.45, 2.75) is 19.1 Å². The van der Waals surface area contributed by atoms with Crippen LogP contribution in [-0.2, 0) is 4.57 Å². The zero-order valence-corrected chi connectivity index (χ0v) is 15.5. The fourth-order valence-electron chi connectivity index (χ4n) is 1.96. The molecule has 3 N–H and O–H groups in total. The molecule has 0 bridgehead atoms. The first-order valence-electron chi connectivity index (χ1n) is 7.53. The Morgan fingerprint density at radius 2 is 1.88 bits per heavy atom. The molecule has 2 heterocycles. The molecule has 3 rings (SSSR count). The van der Waals surface area contributed by atoms with E-state index in [0.717, 1.165) is 16.9 Å². The Morgan fingerprint density at radius 1 is 1.16 bits per heavy atom. The lowest BCUT2D eigenvalue weighted by Gasteiger charge is -2.24. The van der Waals surface area contributed by atoms with Crippen LogP contribution >= 0.6 is 17.9 Å². The lowest BCUT2D eigenvalue weighted by molar-refractivity contribution is 0.550. The summed E-state index contributed by atoms with van der Waals surface area (Å²) in [5, 5.41) is 6.68. The van der Waals surface area contributed by atoms with Crippen LogP contribution in [0.2, 0.25) is 0 Å². The van der Waals surface area contributed by atoms with E-state index in [9.17, 15) is 4.57 Å². The predicted octanol–water partition coefficient (Wildman–Crippen LogP) is 3.05. The fourth-order valence-corrected chi connectivity index (χ4v) is 5.70. The van der Waals surface area contributed by atoms with Gasteiger partial charge in [0.2, 0.25) is 5.95 Å². The van der Waals surface area contributed by atoms with Gasteiger partial charge < -0.3 is 0 Å². The number of rotatable bonds is 5. The number of aliphatic imine (C=N–C) groups is 1. The van der Waals surface area contributed by atoms with E-state index in [0.29, 0.717) is 11.1 Å². The topological polar surface area (TPSA) is 104 Å². The van der Waals surface area contributed by atoms with Crippen molar-refractivity contribution in [3.8, 4) is 0 Å². The molecule has 0 saturated heterocycles. The summed E-state index contributed by atoms with van der Waals surface area (Å²) in [6, 6.07) is 11.4. The average molecular weight is 375 g/mol. The highest BCUT2D eigenvalue weighted by Crippen LogP contribution is 2.69. The molecular formula is C15H18N7OPS. The SMILES string of the molecule is CC1(C)N=C(NN=Cc2ccccc2)SP1(=O)NNc1ncccn1. The van der Waals surface area contributed by atoms with Crippen molar-refractivity contribution >= 4 is 35.2 Å². The normalized spacial score (nSPS) is 21.9. The highest BCUT2D eigenvalue weighted by molar-refractivity contribution is 8.65. The number of aromatic nitrogens is 2. The van der Waals surface area contributed by atoms with Crippen molar-refractivity contribution in [2.24, 2.45) is 10.1 Å². The molecule has 0 aliphatic carbocycles. The van der Waals surface area contributed by atoms with Gasteiger partial charge in [0.25, 0.3) is 6.49 Å². The van der Waals surface area contributed by atoms with Crippen LogP contribution in [0.15, 0.2) is 58.9 Å². The Balaban J connectivity index is 1.62.